The molecule has 1 aliphatic rings. The van der Waals surface area contributed by atoms with E-state index in [0.717, 1.165) is 73.8 Å². The standard InChI is InChI=1S/C28H33N5O2/c34-28(23-8-2-1-3-9-23)30-14-4-5-16-32-17-12-22(13-18-32)20-26-31-25-11-6-15-29-27(25)33(26)21-24-10-7-19-35-24/h1-3,6-11,15,19,22H,4-5,12-14,16-18,20-21H2,(H,30,34). The Morgan fingerprint density at radius 3 is 2.69 bits per heavy atom. The summed E-state index contributed by atoms with van der Waals surface area (Å²) in [6.45, 7) is 4.73. The van der Waals surface area contributed by atoms with E-state index in [-0.39, 0.29) is 5.91 Å². The van der Waals surface area contributed by atoms with Crippen LogP contribution in [0.5, 0.6) is 0 Å². The number of carbonyl (C=O) groups is 1. The summed E-state index contributed by atoms with van der Waals surface area (Å²) in [4.78, 5) is 24.2. The number of nitrogens with one attached hydrogen (secondary N) is 1. The SMILES string of the molecule is O=C(NCCCCN1CCC(Cc2nc3cccnc3n2Cc2ccco2)CC1)c1ccccc1. The smallest absolute Gasteiger partial charge is 0.251 e. The molecule has 5 rings (SSSR count). The number of pyridine rings is 1. The Kier molecular flexibility index (Phi) is 7.53. The number of unbranched alkanes of at least 4 members (excludes halogenated alkanes) is 1. The van der Waals surface area contributed by atoms with Gasteiger partial charge in [0.1, 0.15) is 17.1 Å². The molecule has 7 nitrogen and oxygen atoms in total. The van der Waals surface area contributed by atoms with Crippen LogP contribution in [0.2, 0.25) is 0 Å². The lowest BCUT2D eigenvalue weighted by atomic mass is 9.93. The Bertz CT molecular complexity index is 1210. The maximum absolute atomic E-state index is 12.1. The summed E-state index contributed by atoms with van der Waals surface area (Å²) < 4.78 is 7.81. The number of rotatable bonds is 10. The van der Waals surface area contributed by atoms with E-state index in [0.29, 0.717) is 12.5 Å². The fourth-order valence-corrected chi connectivity index (χ4v) is 4.91. The van der Waals surface area contributed by atoms with E-state index in [1.165, 1.54) is 12.8 Å². The van der Waals surface area contributed by atoms with Crippen molar-refractivity contribution in [3.63, 3.8) is 0 Å². The first-order chi connectivity index (χ1) is 17.3. The van der Waals surface area contributed by atoms with E-state index < -0.39 is 0 Å². The van der Waals surface area contributed by atoms with E-state index in [9.17, 15) is 4.79 Å². The van der Waals surface area contributed by atoms with Crippen LogP contribution in [-0.2, 0) is 13.0 Å². The lowest BCUT2D eigenvalue weighted by Gasteiger charge is -2.31. The molecule has 3 aromatic heterocycles. The zero-order valence-electron chi connectivity index (χ0n) is 20.1. The second-order valence-electron chi connectivity index (χ2n) is 9.36. The number of amides is 1. The molecule has 1 aromatic carbocycles. The normalized spacial score (nSPS) is 15.0. The average molecular weight is 472 g/mol. The van der Waals surface area contributed by atoms with Gasteiger partial charge < -0.3 is 19.2 Å². The van der Waals surface area contributed by atoms with E-state index >= 15 is 0 Å². The number of benzene rings is 1. The average Bonchev–Trinajstić information content (AvgIpc) is 3.54. The number of imidazole rings is 1. The lowest BCUT2D eigenvalue weighted by Crippen LogP contribution is -2.35. The number of nitrogens with zero attached hydrogens (tertiary/aromatic N) is 4. The largest absolute Gasteiger partial charge is 0.467 e. The van der Waals surface area contributed by atoms with Gasteiger partial charge in [-0.05, 0) is 87.6 Å². The van der Waals surface area contributed by atoms with Gasteiger partial charge in [0.25, 0.3) is 5.91 Å². The number of likely N-dealkylation sites (tertiary alicyclic amines) is 1. The number of hydrogen-bond acceptors (Lipinski definition) is 5. The predicted octanol–water partition coefficient (Wildman–Crippen LogP) is 4.54. The number of fused-ring (bicyclic) bond motifs is 1. The van der Waals surface area contributed by atoms with E-state index in [2.05, 4.69) is 19.8 Å². The molecule has 0 radical (unpaired) electrons. The van der Waals surface area contributed by atoms with Gasteiger partial charge in [-0.15, -0.1) is 0 Å². The highest BCUT2D eigenvalue weighted by molar-refractivity contribution is 5.94. The van der Waals surface area contributed by atoms with E-state index in [1.54, 1.807) is 6.26 Å². The van der Waals surface area contributed by atoms with Crippen molar-refractivity contribution in [3.05, 3.63) is 84.2 Å². The number of hydrogen-bond donors (Lipinski definition) is 1. The maximum atomic E-state index is 12.1. The fourth-order valence-electron chi connectivity index (χ4n) is 4.91. The minimum absolute atomic E-state index is 0.0136. The highest BCUT2D eigenvalue weighted by atomic mass is 16.3. The van der Waals surface area contributed by atoms with Crippen LogP contribution in [0.25, 0.3) is 11.2 Å². The summed E-state index contributed by atoms with van der Waals surface area (Å²) in [5, 5.41) is 3.02. The van der Waals surface area contributed by atoms with Gasteiger partial charge >= 0.3 is 0 Å². The Morgan fingerprint density at radius 1 is 1.03 bits per heavy atom. The summed E-state index contributed by atoms with van der Waals surface area (Å²) in [5.41, 5.74) is 2.60. The number of furan rings is 1. The van der Waals surface area contributed by atoms with Crippen LogP contribution in [0.4, 0.5) is 0 Å². The molecule has 1 amide bonds. The predicted molar refractivity (Wildman–Crippen MR) is 136 cm³/mol. The summed E-state index contributed by atoms with van der Waals surface area (Å²) >= 11 is 0. The second kappa shape index (κ2) is 11.3. The molecule has 35 heavy (non-hydrogen) atoms. The number of piperidine rings is 1. The first-order valence-electron chi connectivity index (χ1n) is 12.6. The van der Waals surface area contributed by atoms with Crippen LogP contribution in [0.15, 0.2) is 71.5 Å². The van der Waals surface area contributed by atoms with Crippen molar-refractivity contribution in [2.45, 2.75) is 38.6 Å². The van der Waals surface area contributed by atoms with E-state index in [1.807, 2.05) is 60.8 Å². The molecule has 1 N–H and O–H groups in total. The third-order valence-corrected chi connectivity index (χ3v) is 6.88. The lowest BCUT2D eigenvalue weighted by molar-refractivity contribution is 0.0952. The number of aromatic nitrogens is 3. The van der Waals surface area contributed by atoms with Crippen LogP contribution in [0.3, 0.4) is 0 Å². The molecule has 0 atom stereocenters. The summed E-state index contributed by atoms with van der Waals surface area (Å²) in [6, 6.07) is 17.3. The van der Waals surface area contributed by atoms with E-state index in [4.69, 9.17) is 9.40 Å². The molecule has 0 unspecified atom stereocenters. The van der Waals surface area contributed by atoms with Gasteiger partial charge in [0.15, 0.2) is 5.65 Å². The van der Waals surface area contributed by atoms with Gasteiger partial charge in [-0.2, -0.15) is 0 Å². The summed E-state index contributed by atoms with van der Waals surface area (Å²) in [7, 11) is 0. The molecule has 182 valence electrons. The Hall–Kier alpha value is -3.45. The Balaban J connectivity index is 1.07. The molecule has 1 saturated heterocycles. The molecular formula is C28H33N5O2. The van der Waals surface area contributed by atoms with Crippen molar-refractivity contribution in [2.24, 2.45) is 5.92 Å². The van der Waals surface area contributed by atoms with Crippen LogP contribution < -0.4 is 5.32 Å². The van der Waals surface area contributed by atoms with Gasteiger partial charge in [0.2, 0.25) is 0 Å². The minimum atomic E-state index is 0.0136. The quantitative estimate of drug-likeness (QED) is 0.344. The molecule has 7 heteroatoms. The van der Waals surface area contributed by atoms with Crippen LogP contribution in [-0.4, -0.2) is 51.5 Å². The topological polar surface area (TPSA) is 76.2 Å². The molecule has 1 aliphatic heterocycles. The van der Waals surface area contributed by atoms with Crippen molar-refractivity contribution >= 4 is 17.1 Å². The van der Waals surface area contributed by atoms with Gasteiger partial charge in [0.05, 0.1) is 12.8 Å². The monoisotopic (exact) mass is 471 g/mol. The van der Waals surface area contributed by atoms with Crippen molar-refractivity contribution in [1.29, 1.82) is 0 Å². The number of carbonyl (C=O) groups excluding carboxylic acids is 1. The fraction of sp³-hybridized carbons (Fsp3) is 0.393. The van der Waals surface area contributed by atoms with Gasteiger partial charge in [-0.3, -0.25) is 4.79 Å². The first kappa shape index (κ1) is 23.3. The van der Waals surface area contributed by atoms with Crippen molar-refractivity contribution in [1.82, 2.24) is 24.8 Å². The van der Waals surface area contributed by atoms with Crippen molar-refractivity contribution in [2.75, 3.05) is 26.2 Å². The Labute approximate surface area is 206 Å². The van der Waals surface area contributed by atoms with Crippen LogP contribution in [0.1, 0.15) is 47.6 Å². The van der Waals surface area contributed by atoms with Crippen LogP contribution in [0, 0.1) is 5.92 Å². The molecule has 0 bridgehead atoms. The Morgan fingerprint density at radius 2 is 1.89 bits per heavy atom. The highest BCUT2D eigenvalue weighted by Gasteiger charge is 2.22. The third-order valence-electron chi connectivity index (χ3n) is 6.88. The molecule has 0 saturated carbocycles. The third kappa shape index (κ3) is 5.98. The first-order valence-corrected chi connectivity index (χ1v) is 12.6. The molecule has 4 heterocycles. The molecule has 1 fully saturated rings. The van der Waals surface area contributed by atoms with Gasteiger partial charge in [-0.1, -0.05) is 18.2 Å². The minimum Gasteiger partial charge on any atom is -0.467 e. The van der Waals surface area contributed by atoms with Gasteiger partial charge in [0, 0.05) is 24.7 Å². The maximum Gasteiger partial charge on any atom is 0.251 e. The molecular weight excluding hydrogens is 438 g/mol. The summed E-state index contributed by atoms with van der Waals surface area (Å²) in [5.74, 6) is 2.66. The van der Waals surface area contributed by atoms with Crippen LogP contribution >= 0.6 is 0 Å². The summed E-state index contributed by atoms with van der Waals surface area (Å²) in [6.07, 6.45) is 8.99. The molecule has 4 aromatic rings. The second-order valence-corrected chi connectivity index (χ2v) is 9.36. The van der Waals surface area contributed by atoms with Crippen molar-refractivity contribution < 1.29 is 9.21 Å². The van der Waals surface area contributed by atoms with Gasteiger partial charge in [-0.25, -0.2) is 9.97 Å². The van der Waals surface area contributed by atoms with Crippen molar-refractivity contribution in [3.8, 4) is 0 Å². The zero-order chi connectivity index (χ0) is 23.9. The highest BCUT2D eigenvalue weighted by Crippen LogP contribution is 2.24. The molecule has 0 aliphatic carbocycles. The zero-order valence-corrected chi connectivity index (χ0v) is 20.1. The molecule has 0 spiro atoms.